The lowest BCUT2D eigenvalue weighted by Gasteiger charge is -2.28. The van der Waals surface area contributed by atoms with Gasteiger partial charge < -0.3 is 9.32 Å². The van der Waals surface area contributed by atoms with Crippen LogP contribution in [-0.2, 0) is 5.41 Å². The minimum atomic E-state index is -0.323. The highest BCUT2D eigenvalue weighted by Gasteiger charge is 2.35. The molecule has 0 unspecified atom stereocenters. The zero-order chi connectivity index (χ0) is 32.4. The third kappa shape index (κ3) is 4.39. The van der Waals surface area contributed by atoms with E-state index in [1.165, 1.54) is 39.4 Å². The SMILES string of the molecule is CC1(C)c2ccccc2-c2ccc(N(c3ccc(-c4ccccc4)cc3)c3ccc(-c4cccc5c4oc4nc(=O)ccn45)cc3)cc21. The van der Waals surface area contributed by atoms with Gasteiger partial charge in [-0.2, -0.15) is 4.98 Å². The van der Waals surface area contributed by atoms with Gasteiger partial charge in [-0.3, -0.25) is 9.20 Å². The first-order chi connectivity index (χ1) is 23.5. The summed E-state index contributed by atoms with van der Waals surface area (Å²) in [5, 5.41) is 0. The molecule has 2 heterocycles. The Labute approximate surface area is 278 Å². The van der Waals surface area contributed by atoms with Crippen molar-refractivity contribution < 1.29 is 4.42 Å². The molecule has 0 bridgehead atoms. The number of rotatable bonds is 5. The van der Waals surface area contributed by atoms with Crippen LogP contribution in [-0.4, -0.2) is 9.38 Å². The maximum Gasteiger partial charge on any atom is 0.310 e. The molecular formula is C43H31N3O2. The van der Waals surface area contributed by atoms with Gasteiger partial charge in [0.1, 0.15) is 0 Å². The quantitative estimate of drug-likeness (QED) is 0.192. The Bertz CT molecular complexity index is 2540. The summed E-state index contributed by atoms with van der Waals surface area (Å²) in [6.07, 6.45) is 1.71. The molecule has 1 aliphatic carbocycles. The predicted octanol–water partition coefficient (Wildman–Crippen LogP) is 10.6. The van der Waals surface area contributed by atoms with E-state index in [4.69, 9.17) is 4.42 Å². The largest absolute Gasteiger partial charge is 0.422 e. The molecule has 0 atom stereocenters. The maximum absolute atomic E-state index is 11.9. The molecule has 0 N–H and O–H groups in total. The van der Waals surface area contributed by atoms with Crippen LogP contribution < -0.4 is 10.5 Å². The number of hydrogen-bond donors (Lipinski definition) is 0. The van der Waals surface area contributed by atoms with Crippen LogP contribution >= 0.6 is 0 Å². The Morgan fingerprint density at radius 2 is 1.21 bits per heavy atom. The number of nitrogens with zero attached hydrogens (tertiary/aromatic N) is 3. The van der Waals surface area contributed by atoms with Crippen LogP contribution in [0.2, 0.25) is 0 Å². The lowest BCUT2D eigenvalue weighted by molar-refractivity contribution is 0.634. The van der Waals surface area contributed by atoms with Gasteiger partial charge in [-0.15, -0.1) is 0 Å². The number of oxazole rings is 1. The van der Waals surface area contributed by atoms with Crippen LogP contribution in [0.3, 0.4) is 0 Å². The molecule has 48 heavy (non-hydrogen) atoms. The van der Waals surface area contributed by atoms with E-state index in [0.717, 1.165) is 33.7 Å². The van der Waals surface area contributed by atoms with Crippen LogP contribution in [0, 0.1) is 0 Å². The Kier molecular flexibility index (Phi) is 6.24. The molecule has 5 nitrogen and oxygen atoms in total. The molecular weight excluding hydrogens is 590 g/mol. The predicted molar refractivity (Wildman–Crippen MR) is 194 cm³/mol. The molecule has 0 saturated heterocycles. The molecule has 0 spiro atoms. The van der Waals surface area contributed by atoms with Gasteiger partial charge in [0.15, 0.2) is 5.58 Å². The zero-order valence-electron chi connectivity index (χ0n) is 26.6. The van der Waals surface area contributed by atoms with Gasteiger partial charge in [0.25, 0.3) is 5.56 Å². The molecule has 0 aliphatic heterocycles. The molecule has 0 radical (unpaired) electrons. The molecule has 230 valence electrons. The first kappa shape index (κ1) is 28.1. The lowest BCUT2D eigenvalue weighted by atomic mass is 9.82. The topological polar surface area (TPSA) is 50.8 Å². The summed E-state index contributed by atoms with van der Waals surface area (Å²) in [5.74, 6) is 0.286. The monoisotopic (exact) mass is 621 g/mol. The number of para-hydroxylation sites is 1. The molecule has 1 aliphatic rings. The van der Waals surface area contributed by atoms with Crippen molar-refractivity contribution in [3.63, 3.8) is 0 Å². The fraction of sp³-hybridized carbons (Fsp3) is 0.0698. The smallest absolute Gasteiger partial charge is 0.310 e. The van der Waals surface area contributed by atoms with Gasteiger partial charge in [0.05, 0.1) is 5.52 Å². The van der Waals surface area contributed by atoms with Crippen LogP contribution in [0.1, 0.15) is 25.0 Å². The fourth-order valence-corrected chi connectivity index (χ4v) is 7.29. The number of benzene rings is 6. The van der Waals surface area contributed by atoms with E-state index in [0.29, 0.717) is 5.58 Å². The van der Waals surface area contributed by atoms with E-state index in [1.54, 1.807) is 6.20 Å². The minimum absolute atomic E-state index is 0.111. The molecule has 5 heteroatoms. The van der Waals surface area contributed by atoms with Gasteiger partial charge >= 0.3 is 5.84 Å². The molecule has 6 aromatic carbocycles. The van der Waals surface area contributed by atoms with Gasteiger partial charge in [-0.05, 0) is 81.4 Å². The Morgan fingerprint density at radius 3 is 1.98 bits per heavy atom. The molecule has 9 rings (SSSR count). The van der Waals surface area contributed by atoms with Crippen molar-refractivity contribution in [2.45, 2.75) is 19.3 Å². The molecule has 8 aromatic rings. The lowest BCUT2D eigenvalue weighted by Crippen LogP contribution is -2.16. The van der Waals surface area contributed by atoms with E-state index in [-0.39, 0.29) is 16.8 Å². The second-order valence-electron chi connectivity index (χ2n) is 12.9. The summed E-state index contributed by atoms with van der Waals surface area (Å²) in [6, 6.07) is 50.9. The fourth-order valence-electron chi connectivity index (χ4n) is 7.29. The van der Waals surface area contributed by atoms with Crippen LogP contribution in [0.4, 0.5) is 17.1 Å². The van der Waals surface area contributed by atoms with Crippen molar-refractivity contribution in [3.05, 3.63) is 173 Å². The summed E-state index contributed by atoms with van der Waals surface area (Å²) in [7, 11) is 0. The molecule has 0 fully saturated rings. The van der Waals surface area contributed by atoms with Crippen molar-refractivity contribution in [2.75, 3.05) is 4.90 Å². The third-order valence-electron chi connectivity index (χ3n) is 9.72. The first-order valence-corrected chi connectivity index (χ1v) is 16.2. The number of hydrogen-bond acceptors (Lipinski definition) is 4. The van der Waals surface area contributed by atoms with Gasteiger partial charge in [0.2, 0.25) is 0 Å². The van der Waals surface area contributed by atoms with Crippen LogP contribution in [0.5, 0.6) is 0 Å². The van der Waals surface area contributed by atoms with Crippen molar-refractivity contribution in [1.29, 1.82) is 0 Å². The van der Waals surface area contributed by atoms with Crippen LogP contribution in [0.25, 0.3) is 50.3 Å². The number of fused-ring (bicyclic) bond motifs is 6. The third-order valence-corrected chi connectivity index (χ3v) is 9.72. The van der Waals surface area contributed by atoms with Crippen molar-refractivity contribution >= 4 is 34.0 Å². The van der Waals surface area contributed by atoms with Crippen molar-refractivity contribution in [1.82, 2.24) is 9.38 Å². The van der Waals surface area contributed by atoms with Gasteiger partial charge in [-0.1, -0.05) is 111 Å². The molecule has 0 amide bonds. The molecule has 0 saturated carbocycles. The van der Waals surface area contributed by atoms with Gasteiger partial charge in [-0.25, -0.2) is 0 Å². The average molecular weight is 622 g/mol. The standard InChI is InChI=1S/C43H31N3O2/c1-43(2)37-13-7-6-11-35(37)36-24-23-33(27-38(36)43)46(31-19-15-29(16-20-31)28-9-4-3-5-10-28)32-21-17-30(18-22-32)34-12-8-14-39-41(34)48-42-44-40(47)25-26-45(39)42/h3-27H,1-2H3. The Hall–Kier alpha value is -6.20. The van der Waals surface area contributed by atoms with E-state index in [1.807, 2.05) is 28.7 Å². The normalized spacial score (nSPS) is 13.0. The highest BCUT2D eigenvalue weighted by molar-refractivity contribution is 5.93. The van der Waals surface area contributed by atoms with E-state index in [2.05, 4.69) is 139 Å². The van der Waals surface area contributed by atoms with E-state index in [9.17, 15) is 4.79 Å². The second-order valence-corrected chi connectivity index (χ2v) is 12.9. The van der Waals surface area contributed by atoms with Crippen molar-refractivity contribution in [3.8, 4) is 33.4 Å². The summed E-state index contributed by atoms with van der Waals surface area (Å²) < 4.78 is 7.92. The number of anilines is 3. The number of aromatic nitrogens is 2. The highest BCUT2D eigenvalue weighted by atomic mass is 16.4. The maximum atomic E-state index is 11.9. The Morgan fingerprint density at radius 1 is 0.583 bits per heavy atom. The summed E-state index contributed by atoms with van der Waals surface area (Å²) >= 11 is 0. The molecule has 2 aromatic heterocycles. The zero-order valence-corrected chi connectivity index (χ0v) is 26.6. The van der Waals surface area contributed by atoms with Gasteiger partial charge in [0, 0.05) is 40.3 Å². The highest BCUT2D eigenvalue weighted by Crippen LogP contribution is 2.50. The van der Waals surface area contributed by atoms with E-state index < -0.39 is 0 Å². The summed E-state index contributed by atoms with van der Waals surface area (Å²) in [5.41, 5.74) is 14.0. The van der Waals surface area contributed by atoms with E-state index >= 15 is 0 Å². The summed E-state index contributed by atoms with van der Waals surface area (Å²) in [4.78, 5) is 18.3. The Balaban J connectivity index is 1.16. The minimum Gasteiger partial charge on any atom is -0.422 e. The second kappa shape index (κ2) is 10.7. The first-order valence-electron chi connectivity index (χ1n) is 16.2. The summed E-state index contributed by atoms with van der Waals surface area (Å²) in [6.45, 7) is 4.64. The average Bonchev–Trinajstić information content (AvgIpc) is 3.61. The van der Waals surface area contributed by atoms with Crippen LogP contribution in [0.15, 0.2) is 161 Å². The van der Waals surface area contributed by atoms with Crippen molar-refractivity contribution in [2.24, 2.45) is 0 Å².